The number of anilines is 2. The number of nitrogens with zero attached hydrogens (tertiary/aromatic N) is 4. The van der Waals surface area contributed by atoms with Gasteiger partial charge in [0.2, 0.25) is 0 Å². The number of benzene rings is 2. The van der Waals surface area contributed by atoms with Gasteiger partial charge in [-0.05, 0) is 60.5 Å². The van der Waals surface area contributed by atoms with E-state index in [-0.39, 0.29) is 28.8 Å². The number of methoxy groups -OCH3 is 2. The van der Waals surface area contributed by atoms with Gasteiger partial charge in [-0.1, -0.05) is 30.3 Å². The van der Waals surface area contributed by atoms with Gasteiger partial charge in [0.05, 0.1) is 43.0 Å². The molecule has 1 atom stereocenters. The lowest BCUT2D eigenvalue weighted by molar-refractivity contribution is -0.139. The minimum atomic E-state index is -0.951. The van der Waals surface area contributed by atoms with E-state index < -0.39 is 23.5 Å². The van der Waals surface area contributed by atoms with Crippen molar-refractivity contribution in [2.45, 2.75) is 32.3 Å². The van der Waals surface area contributed by atoms with Gasteiger partial charge in [-0.2, -0.15) is 5.26 Å². The number of ether oxygens (including phenoxy) is 3. The molecule has 1 amide bonds. The molecule has 2 aliphatic rings. The zero-order valence-electron chi connectivity index (χ0n) is 24.7. The van der Waals surface area contributed by atoms with E-state index in [2.05, 4.69) is 26.9 Å². The van der Waals surface area contributed by atoms with E-state index in [0.29, 0.717) is 41.9 Å². The summed E-state index contributed by atoms with van der Waals surface area (Å²) in [6.07, 6.45) is -0.348. The highest BCUT2D eigenvalue weighted by atomic mass is 79.9. The number of carbonyl (C=O) groups is 3. The number of nitrogens with two attached hydrogens (primary N) is 1. The lowest BCUT2D eigenvalue weighted by atomic mass is 9.81. The minimum absolute atomic E-state index is 0.0185. The lowest BCUT2D eigenvalue weighted by Gasteiger charge is -2.38. The molecule has 0 aromatic heterocycles. The van der Waals surface area contributed by atoms with Gasteiger partial charge in [0, 0.05) is 36.3 Å². The van der Waals surface area contributed by atoms with Crippen molar-refractivity contribution in [3.05, 3.63) is 81.2 Å². The van der Waals surface area contributed by atoms with Crippen molar-refractivity contribution >= 4 is 45.3 Å². The third-order valence-corrected chi connectivity index (χ3v) is 7.71. The quantitative estimate of drug-likeness (QED) is 0.365. The smallest absolute Gasteiger partial charge is 0.410 e. The molecule has 1 fully saturated rings. The summed E-state index contributed by atoms with van der Waals surface area (Å²) in [6.45, 7) is 7.60. The molecule has 1 saturated heterocycles. The molecule has 12 heteroatoms. The maximum absolute atomic E-state index is 13.3. The number of esters is 2. The van der Waals surface area contributed by atoms with Crippen LogP contribution in [0.4, 0.5) is 16.2 Å². The summed E-state index contributed by atoms with van der Waals surface area (Å²) in [4.78, 5) is 44.2. The van der Waals surface area contributed by atoms with Gasteiger partial charge >= 0.3 is 18.0 Å². The van der Waals surface area contributed by atoms with Crippen LogP contribution in [0.1, 0.15) is 32.3 Å². The Morgan fingerprint density at radius 1 is 0.977 bits per heavy atom. The van der Waals surface area contributed by atoms with Crippen molar-refractivity contribution in [3.63, 3.8) is 0 Å². The number of rotatable bonds is 5. The van der Waals surface area contributed by atoms with Gasteiger partial charge < -0.3 is 29.7 Å². The van der Waals surface area contributed by atoms with Crippen LogP contribution >= 0.6 is 15.9 Å². The summed E-state index contributed by atoms with van der Waals surface area (Å²) in [5, 5.41) is 10.2. The van der Waals surface area contributed by atoms with Crippen LogP contribution in [0.25, 0.3) is 0 Å². The molecule has 2 aliphatic heterocycles. The van der Waals surface area contributed by atoms with Crippen LogP contribution in [0.15, 0.2) is 75.7 Å². The molecule has 4 rings (SSSR count). The molecule has 11 nitrogen and oxygen atoms in total. The second kappa shape index (κ2) is 12.8. The average Bonchev–Trinajstić information content (AvgIpc) is 2.99. The Labute approximate surface area is 259 Å². The molecule has 0 radical (unpaired) electrons. The first-order chi connectivity index (χ1) is 20.4. The molecule has 2 aromatic carbocycles. The number of allylic oxidation sites excluding steroid dienone is 1. The van der Waals surface area contributed by atoms with Crippen LogP contribution in [0.3, 0.4) is 0 Å². The first-order valence-corrected chi connectivity index (χ1v) is 14.4. The fourth-order valence-corrected chi connectivity index (χ4v) is 5.75. The SMILES string of the molecule is COC(=O)C1=C(C(=O)OC)N(c2ccc(N3CCN(C(=O)OC(C)(C)C)CC3)c(Br)c2)C(N)=C(C#N)C1c1ccccc1. The molecular formula is C31H34BrN5O6. The number of nitriles is 1. The van der Waals surface area contributed by atoms with E-state index in [1.54, 1.807) is 47.4 Å². The summed E-state index contributed by atoms with van der Waals surface area (Å²) in [7, 11) is 2.41. The average molecular weight is 653 g/mol. The lowest BCUT2D eigenvalue weighted by Crippen LogP contribution is -2.50. The summed E-state index contributed by atoms with van der Waals surface area (Å²) in [6, 6.07) is 16.3. The summed E-state index contributed by atoms with van der Waals surface area (Å²) < 4.78 is 16.4. The minimum Gasteiger partial charge on any atom is -0.466 e. The van der Waals surface area contributed by atoms with Crippen molar-refractivity contribution in [1.29, 1.82) is 5.26 Å². The normalized spacial score (nSPS) is 17.4. The molecule has 43 heavy (non-hydrogen) atoms. The van der Waals surface area contributed by atoms with E-state index in [1.165, 1.54) is 19.1 Å². The Kier molecular flexibility index (Phi) is 9.35. The highest BCUT2D eigenvalue weighted by Gasteiger charge is 2.43. The van der Waals surface area contributed by atoms with Crippen molar-refractivity contribution in [3.8, 4) is 6.07 Å². The fraction of sp³-hybridized carbons (Fsp3) is 0.355. The zero-order chi connectivity index (χ0) is 31.5. The van der Waals surface area contributed by atoms with Gasteiger partial charge in [-0.3, -0.25) is 4.90 Å². The van der Waals surface area contributed by atoms with Gasteiger partial charge in [0.15, 0.2) is 0 Å². The Hall–Kier alpha value is -4.50. The zero-order valence-corrected chi connectivity index (χ0v) is 26.3. The topological polar surface area (TPSA) is 138 Å². The fourth-order valence-electron chi connectivity index (χ4n) is 5.13. The second-order valence-corrected chi connectivity index (χ2v) is 11.8. The molecular weight excluding hydrogens is 618 g/mol. The van der Waals surface area contributed by atoms with Crippen LogP contribution in [0, 0.1) is 11.3 Å². The number of piperazine rings is 1. The predicted octanol–water partition coefficient (Wildman–Crippen LogP) is 4.40. The number of amides is 1. The summed E-state index contributed by atoms with van der Waals surface area (Å²) in [5.74, 6) is -2.58. The Morgan fingerprint density at radius 3 is 2.14 bits per heavy atom. The second-order valence-electron chi connectivity index (χ2n) is 10.9. The predicted molar refractivity (Wildman–Crippen MR) is 164 cm³/mol. The van der Waals surface area contributed by atoms with Crippen LogP contribution in [0.5, 0.6) is 0 Å². The van der Waals surface area contributed by atoms with Crippen molar-refractivity contribution in [2.24, 2.45) is 5.73 Å². The van der Waals surface area contributed by atoms with Crippen molar-refractivity contribution in [1.82, 2.24) is 4.90 Å². The molecule has 1 unspecified atom stereocenters. The van der Waals surface area contributed by atoms with Crippen LogP contribution in [-0.2, 0) is 23.8 Å². The maximum atomic E-state index is 13.3. The van der Waals surface area contributed by atoms with Gasteiger partial charge in [0.1, 0.15) is 17.1 Å². The van der Waals surface area contributed by atoms with E-state index in [1.807, 2.05) is 26.8 Å². The Morgan fingerprint density at radius 2 is 1.60 bits per heavy atom. The molecule has 0 aliphatic carbocycles. The highest BCUT2D eigenvalue weighted by molar-refractivity contribution is 9.10. The largest absolute Gasteiger partial charge is 0.466 e. The van der Waals surface area contributed by atoms with Crippen molar-refractivity contribution < 1.29 is 28.6 Å². The van der Waals surface area contributed by atoms with Crippen LogP contribution in [0.2, 0.25) is 0 Å². The molecule has 226 valence electrons. The number of carbonyl (C=O) groups excluding carboxylic acids is 3. The first-order valence-electron chi connectivity index (χ1n) is 13.6. The van der Waals surface area contributed by atoms with Gasteiger partial charge in [-0.25, -0.2) is 14.4 Å². The standard InChI is InChI=1S/C31H34BrN5O6/c1-31(2,3)43-30(40)36-15-13-35(14-16-36)23-12-11-20(17-22(23)32)37-26(29(39)42-5)25(28(38)41-4)24(21(18-33)27(37)34)19-9-7-6-8-10-19/h6-12,17,24H,13-16,34H2,1-5H3. The van der Waals surface area contributed by atoms with E-state index in [9.17, 15) is 19.6 Å². The molecule has 2 aromatic rings. The van der Waals surface area contributed by atoms with Crippen molar-refractivity contribution in [2.75, 3.05) is 50.2 Å². The Bertz CT molecular complexity index is 1520. The van der Waals surface area contributed by atoms with E-state index >= 15 is 0 Å². The summed E-state index contributed by atoms with van der Waals surface area (Å²) >= 11 is 3.65. The molecule has 2 N–H and O–H groups in total. The van der Waals surface area contributed by atoms with Gasteiger partial charge in [0.25, 0.3) is 0 Å². The third kappa shape index (κ3) is 6.46. The molecule has 0 bridgehead atoms. The Balaban J connectivity index is 1.74. The third-order valence-electron chi connectivity index (χ3n) is 7.07. The molecule has 2 heterocycles. The van der Waals surface area contributed by atoms with Crippen LogP contribution in [-0.4, -0.2) is 68.9 Å². The first kappa shape index (κ1) is 31.4. The van der Waals surface area contributed by atoms with E-state index in [0.717, 1.165) is 5.69 Å². The maximum Gasteiger partial charge on any atom is 0.410 e. The van der Waals surface area contributed by atoms with Crippen LogP contribution < -0.4 is 15.5 Å². The highest BCUT2D eigenvalue weighted by Crippen LogP contribution is 2.44. The summed E-state index contributed by atoms with van der Waals surface area (Å²) in [5.41, 5.74) is 7.77. The van der Waals surface area contributed by atoms with Gasteiger partial charge in [-0.15, -0.1) is 0 Å². The number of hydrogen-bond donors (Lipinski definition) is 1. The number of halogens is 1. The van der Waals surface area contributed by atoms with E-state index in [4.69, 9.17) is 19.9 Å². The molecule has 0 spiro atoms. The monoisotopic (exact) mass is 651 g/mol. The number of hydrogen-bond acceptors (Lipinski definition) is 10. The molecule has 0 saturated carbocycles.